The molecule has 0 spiro atoms. The van der Waals surface area contributed by atoms with Crippen LogP contribution in [-0.4, -0.2) is 36.9 Å². The fourth-order valence-corrected chi connectivity index (χ4v) is 4.01. The van der Waals surface area contributed by atoms with E-state index in [0.717, 1.165) is 32.1 Å². The molecule has 8 heteroatoms. The third kappa shape index (κ3) is 9.81. The summed E-state index contributed by atoms with van der Waals surface area (Å²) in [6.07, 6.45) is 5.60. The van der Waals surface area contributed by atoms with E-state index in [1.165, 1.54) is 0 Å². The predicted octanol–water partition coefficient (Wildman–Crippen LogP) is 1.88. The highest BCUT2D eigenvalue weighted by atomic mass is 32.2. The van der Waals surface area contributed by atoms with Gasteiger partial charge >= 0.3 is 0 Å². The summed E-state index contributed by atoms with van der Waals surface area (Å²) in [5.41, 5.74) is 0. The first kappa shape index (κ1) is 17.8. The van der Waals surface area contributed by atoms with E-state index in [1.807, 2.05) is 0 Å². The summed E-state index contributed by atoms with van der Waals surface area (Å²) in [4.78, 5) is 0. The molecule has 0 aromatic rings. The molecule has 1 atom stereocenters. The number of rotatable bonds is 10. The molecule has 0 rings (SSSR count). The Labute approximate surface area is 109 Å². The van der Waals surface area contributed by atoms with Gasteiger partial charge in [-0.2, -0.15) is 16.8 Å². The van der Waals surface area contributed by atoms with E-state index in [2.05, 4.69) is 6.92 Å². The van der Waals surface area contributed by atoms with Crippen LogP contribution in [0.15, 0.2) is 0 Å². The molecule has 0 bridgehead atoms. The SMILES string of the molecule is CCCCCCCCC(CS(=O)(=O)O)S(=O)(=O)O. The fraction of sp³-hybridized carbons (Fsp3) is 1.00. The van der Waals surface area contributed by atoms with Crippen molar-refractivity contribution in [2.45, 2.75) is 57.1 Å². The third-order valence-corrected chi connectivity index (χ3v) is 4.98. The van der Waals surface area contributed by atoms with Gasteiger partial charge in [0.05, 0.1) is 5.75 Å². The number of unbranched alkanes of at least 4 members (excludes halogenated alkanes) is 5. The van der Waals surface area contributed by atoms with Gasteiger partial charge in [0.1, 0.15) is 5.25 Å². The molecule has 0 aromatic carbocycles. The largest absolute Gasteiger partial charge is 0.286 e. The molecule has 0 fully saturated rings. The molecule has 0 saturated heterocycles. The Morgan fingerprint density at radius 2 is 1.39 bits per heavy atom. The van der Waals surface area contributed by atoms with Crippen molar-refractivity contribution >= 4 is 20.2 Å². The van der Waals surface area contributed by atoms with Crippen molar-refractivity contribution in [3.63, 3.8) is 0 Å². The fourth-order valence-electron chi connectivity index (χ4n) is 1.71. The Bertz CT molecular complexity index is 412. The average Bonchev–Trinajstić information content (AvgIpc) is 2.18. The van der Waals surface area contributed by atoms with Gasteiger partial charge in [-0.25, -0.2) is 0 Å². The van der Waals surface area contributed by atoms with Crippen LogP contribution in [0.1, 0.15) is 51.9 Å². The van der Waals surface area contributed by atoms with Gasteiger partial charge < -0.3 is 0 Å². The van der Waals surface area contributed by atoms with Crippen LogP contribution in [0.25, 0.3) is 0 Å². The monoisotopic (exact) mass is 302 g/mol. The molecule has 0 heterocycles. The molecule has 2 N–H and O–H groups in total. The van der Waals surface area contributed by atoms with Crippen molar-refractivity contribution in [2.75, 3.05) is 5.75 Å². The van der Waals surface area contributed by atoms with Crippen LogP contribution in [0, 0.1) is 0 Å². The number of hydrogen-bond acceptors (Lipinski definition) is 4. The van der Waals surface area contributed by atoms with E-state index < -0.39 is 31.2 Å². The maximum Gasteiger partial charge on any atom is 0.268 e. The second-order valence-electron chi connectivity index (χ2n) is 4.44. The van der Waals surface area contributed by atoms with Crippen molar-refractivity contribution < 1.29 is 25.9 Å². The van der Waals surface area contributed by atoms with Crippen LogP contribution in [0.2, 0.25) is 0 Å². The van der Waals surface area contributed by atoms with Crippen molar-refractivity contribution in [3.05, 3.63) is 0 Å². The van der Waals surface area contributed by atoms with Gasteiger partial charge in [0.15, 0.2) is 0 Å². The molecule has 0 aliphatic heterocycles. The van der Waals surface area contributed by atoms with Crippen molar-refractivity contribution in [1.82, 2.24) is 0 Å². The molecule has 0 saturated carbocycles. The zero-order valence-corrected chi connectivity index (χ0v) is 12.2. The zero-order valence-electron chi connectivity index (χ0n) is 10.6. The molecule has 0 aromatic heterocycles. The summed E-state index contributed by atoms with van der Waals surface area (Å²) in [6.45, 7) is 2.08. The maximum atomic E-state index is 11.0. The van der Waals surface area contributed by atoms with Crippen LogP contribution in [0.3, 0.4) is 0 Å². The normalized spacial score (nSPS) is 14.6. The van der Waals surface area contributed by atoms with E-state index in [-0.39, 0.29) is 6.42 Å². The first-order chi connectivity index (χ1) is 8.17. The van der Waals surface area contributed by atoms with Crippen molar-refractivity contribution in [1.29, 1.82) is 0 Å². The van der Waals surface area contributed by atoms with Crippen LogP contribution in [0.5, 0.6) is 0 Å². The molecule has 110 valence electrons. The van der Waals surface area contributed by atoms with Gasteiger partial charge in [0.2, 0.25) is 0 Å². The average molecular weight is 302 g/mol. The van der Waals surface area contributed by atoms with Crippen LogP contribution in [-0.2, 0) is 20.2 Å². The minimum absolute atomic E-state index is 0.0464. The molecule has 0 amide bonds. The second kappa shape index (κ2) is 8.08. The highest BCUT2D eigenvalue weighted by molar-refractivity contribution is 7.90. The zero-order chi connectivity index (χ0) is 14.2. The lowest BCUT2D eigenvalue weighted by Crippen LogP contribution is -2.29. The highest BCUT2D eigenvalue weighted by Crippen LogP contribution is 2.14. The van der Waals surface area contributed by atoms with Gasteiger partial charge in [0, 0.05) is 0 Å². The molecular weight excluding hydrogens is 280 g/mol. The van der Waals surface area contributed by atoms with Gasteiger partial charge in [-0.3, -0.25) is 9.11 Å². The van der Waals surface area contributed by atoms with E-state index in [0.29, 0.717) is 6.42 Å². The molecular formula is C10H22O6S2. The topological polar surface area (TPSA) is 109 Å². The summed E-state index contributed by atoms with van der Waals surface area (Å²) in [5.74, 6) is -0.944. The lowest BCUT2D eigenvalue weighted by Gasteiger charge is -2.11. The van der Waals surface area contributed by atoms with Gasteiger partial charge in [-0.15, -0.1) is 0 Å². The van der Waals surface area contributed by atoms with Crippen molar-refractivity contribution in [2.24, 2.45) is 0 Å². The predicted molar refractivity (Wildman–Crippen MR) is 69.7 cm³/mol. The minimum atomic E-state index is -4.43. The molecule has 18 heavy (non-hydrogen) atoms. The van der Waals surface area contributed by atoms with Gasteiger partial charge in [-0.05, 0) is 6.42 Å². The van der Waals surface area contributed by atoms with Crippen LogP contribution in [0.4, 0.5) is 0 Å². The summed E-state index contributed by atoms with van der Waals surface area (Å²) < 4.78 is 60.7. The summed E-state index contributed by atoms with van der Waals surface area (Å²) in [6, 6.07) is 0. The van der Waals surface area contributed by atoms with E-state index in [1.54, 1.807) is 0 Å². The summed E-state index contributed by atoms with van der Waals surface area (Å²) in [5, 5.41) is -1.43. The van der Waals surface area contributed by atoms with Gasteiger partial charge in [-0.1, -0.05) is 45.4 Å². The molecule has 6 nitrogen and oxygen atoms in total. The smallest absolute Gasteiger partial charge is 0.268 e. The standard InChI is InChI=1S/C10H22O6S2/c1-2-3-4-5-6-7-8-10(18(14,15)16)9-17(11,12)13/h10H,2-9H2,1H3,(H,11,12,13)(H,14,15,16). The van der Waals surface area contributed by atoms with Crippen LogP contribution >= 0.6 is 0 Å². The number of hydrogen-bond donors (Lipinski definition) is 2. The van der Waals surface area contributed by atoms with E-state index in [4.69, 9.17) is 9.11 Å². The Hall–Kier alpha value is -0.180. The third-order valence-electron chi connectivity index (χ3n) is 2.70. The quantitative estimate of drug-likeness (QED) is 0.471. The Morgan fingerprint density at radius 1 is 0.889 bits per heavy atom. The first-order valence-corrected chi connectivity index (χ1v) is 9.19. The Kier molecular flexibility index (Phi) is 8.00. The maximum absolute atomic E-state index is 11.0. The lowest BCUT2D eigenvalue weighted by molar-refractivity contribution is 0.448. The lowest BCUT2D eigenvalue weighted by atomic mass is 10.1. The van der Waals surface area contributed by atoms with Crippen LogP contribution < -0.4 is 0 Å². The highest BCUT2D eigenvalue weighted by Gasteiger charge is 2.27. The molecule has 0 aliphatic rings. The van der Waals surface area contributed by atoms with E-state index in [9.17, 15) is 16.8 Å². The second-order valence-corrected chi connectivity index (χ2v) is 7.64. The Morgan fingerprint density at radius 3 is 1.83 bits per heavy atom. The van der Waals surface area contributed by atoms with Gasteiger partial charge in [0.25, 0.3) is 20.2 Å². The molecule has 0 radical (unpaired) electrons. The Balaban J connectivity index is 4.13. The van der Waals surface area contributed by atoms with Crippen molar-refractivity contribution in [3.8, 4) is 0 Å². The molecule has 1 unspecified atom stereocenters. The van der Waals surface area contributed by atoms with E-state index >= 15 is 0 Å². The minimum Gasteiger partial charge on any atom is -0.286 e. The summed E-state index contributed by atoms with van der Waals surface area (Å²) >= 11 is 0. The molecule has 0 aliphatic carbocycles. The first-order valence-electron chi connectivity index (χ1n) is 6.08. The summed E-state index contributed by atoms with van der Waals surface area (Å²) in [7, 11) is -8.83.